The van der Waals surface area contributed by atoms with Gasteiger partial charge in [-0.05, 0) is 33.5 Å². The third kappa shape index (κ3) is 8.18. The maximum atomic E-state index is 12.1. The summed E-state index contributed by atoms with van der Waals surface area (Å²) in [6, 6.07) is 0. The number of hydrogen-bond acceptors (Lipinski definition) is 5. The van der Waals surface area contributed by atoms with Gasteiger partial charge in [-0.25, -0.2) is 12.7 Å². The minimum Gasteiger partial charge on any atom is -0.469 e. The van der Waals surface area contributed by atoms with Crippen molar-refractivity contribution in [2.45, 2.75) is 26.2 Å². The molecule has 0 saturated heterocycles. The van der Waals surface area contributed by atoms with E-state index in [9.17, 15) is 13.2 Å². The van der Waals surface area contributed by atoms with Crippen molar-refractivity contribution in [2.24, 2.45) is 0 Å². The SMILES string of the molecule is CCN(CCCN(C)C)S(=O)(=O)CCCC(=O)OC. The van der Waals surface area contributed by atoms with Gasteiger partial charge in [-0.3, -0.25) is 4.79 Å². The zero-order valence-corrected chi connectivity index (χ0v) is 13.2. The molecule has 0 aromatic heterocycles. The molecular formula is C12H26N2O4S. The molecule has 0 atom stereocenters. The second-order valence-electron chi connectivity index (χ2n) is 4.64. The number of sulfonamides is 1. The van der Waals surface area contributed by atoms with Gasteiger partial charge in [0.05, 0.1) is 12.9 Å². The van der Waals surface area contributed by atoms with Gasteiger partial charge in [-0.2, -0.15) is 0 Å². The highest BCUT2D eigenvalue weighted by atomic mass is 32.2. The highest BCUT2D eigenvalue weighted by Crippen LogP contribution is 2.06. The monoisotopic (exact) mass is 294 g/mol. The van der Waals surface area contributed by atoms with E-state index in [1.165, 1.54) is 11.4 Å². The van der Waals surface area contributed by atoms with Gasteiger partial charge in [0.2, 0.25) is 10.0 Å². The van der Waals surface area contributed by atoms with Crippen molar-refractivity contribution in [3.63, 3.8) is 0 Å². The van der Waals surface area contributed by atoms with Gasteiger partial charge in [0, 0.05) is 19.5 Å². The Morgan fingerprint density at radius 2 is 1.79 bits per heavy atom. The van der Waals surface area contributed by atoms with Crippen LogP contribution in [-0.4, -0.2) is 70.2 Å². The predicted molar refractivity (Wildman–Crippen MR) is 75.5 cm³/mol. The number of ether oxygens (including phenoxy) is 1. The Morgan fingerprint density at radius 1 is 1.16 bits per heavy atom. The molecule has 0 bridgehead atoms. The molecule has 0 amide bonds. The van der Waals surface area contributed by atoms with E-state index in [0.29, 0.717) is 19.5 Å². The first-order valence-corrected chi connectivity index (χ1v) is 8.13. The molecule has 0 aliphatic heterocycles. The molecule has 0 heterocycles. The summed E-state index contributed by atoms with van der Waals surface area (Å²) in [7, 11) is 1.95. The number of hydrogen-bond donors (Lipinski definition) is 0. The molecule has 0 N–H and O–H groups in total. The molecule has 6 nitrogen and oxygen atoms in total. The van der Waals surface area contributed by atoms with E-state index >= 15 is 0 Å². The molecule has 0 aromatic carbocycles. The Hall–Kier alpha value is -0.660. The largest absolute Gasteiger partial charge is 0.469 e. The van der Waals surface area contributed by atoms with E-state index < -0.39 is 10.0 Å². The van der Waals surface area contributed by atoms with Crippen LogP contribution in [0, 0.1) is 0 Å². The summed E-state index contributed by atoms with van der Waals surface area (Å²) in [5.74, 6) is -0.372. The summed E-state index contributed by atoms with van der Waals surface area (Å²) in [4.78, 5) is 13.0. The summed E-state index contributed by atoms with van der Waals surface area (Å²) in [5.41, 5.74) is 0. The zero-order chi connectivity index (χ0) is 14.9. The van der Waals surface area contributed by atoms with Gasteiger partial charge < -0.3 is 9.64 Å². The fourth-order valence-corrected chi connectivity index (χ4v) is 3.26. The van der Waals surface area contributed by atoms with Gasteiger partial charge >= 0.3 is 5.97 Å². The molecule has 0 rings (SSSR count). The molecule has 7 heteroatoms. The fourth-order valence-electron chi connectivity index (χ4n) is 1.69. The average Bonchev–Trinajstić information content (AvgIpc) is 2.33. The second kappa shape index (κ2) is 9.28. The molecule has 0 saturated carbocycles. The van der Waals surface area contributed by atoms with Crippen molar-refractivity contribution in [3.8, 4) is 0 Å². The van der Waals surface area contributed by atoms with Crippen LogP contribution in [0.2, 0.25) is 0 Å². The molecular weight excluding hydrogens is 268 g/mol. The third-order valence-corrected chi connectivity index (χ3v) is 4.80. The highest BCUT2D eigenvalue weighted by molar-refractivity contribution is 7.89. The van der Waals surface area contributed by atoms with Crippen LogP contribution in [-0.2, 0) is 19.6 Å². The van der Waals surface area contributed by atoms with Crippen molar-refractivity contribution in [1.82, 2.24) is 9.21 Å². The van der Waals surface area contributed by atoms with Crippen molar-refractivity contribution < 1.29 is 17.9 Å². The number of methoxy groups -OCH3 is 1. The number of carbonyl (C=O) groups is 1. The van der Waals surface area contributed by atoms with Gasteiger partial charge in [0.1, 0.15) is 0 Å². The lowest BCUT2D eigenvalue weighted by molar-refractivity contribution is -0.140. The van der Waals surface area contributed by atoms with E-state index in [-0.39, 0.29) is 18.1 Å². The van der Waals surface area contributed by atoms with Crippen LogP contribution in [0.4, 0.5) is 0 Å². The smallest absolute Gasteiger partial charge is 0.305 e. The standard InChI is InChI=1S/C12H26N2O4S/c1-5-14(10-7-9-13(2)3)19(16,17)11-6-8-12(15)18-4/h5-11H2,1-4H3. The maximum Gasteiger partial charge on any atom is 0.305 e. The van der Waals surface area contributed by atoms with Gasteiger partial charge in [-0.15, -0.1) is 0 Å². The molecule has 114 valence electrons. The lowest BCUT2D eigenvalue weighted by Gasteiger charge is -2.21. The number of rotatable bonds is 10. The first kappa shape index (κ1) is 18.3. The number of carbonyl (C=O) groups excluding carboxylic acids is 1. The Labute approximate surface area is 116 Å². The lowest BCUT2D eigenvalue weighted by atomic mass is 10.3. The summed E-state index contributed by atoms with van der Waals surface area (Å²) < 4.78 is 30.1. The molecule has 0 radical (unpaired) electrons. The Kier molecular flexibility index (Phi) is 8.95. The van der Waals surface area contributed by atoms with Crippen LogP contribution in [0.3, 0.4) is 0 Å². The van der Waals surface area contributed by atoms with Crippen molar-refractivity contribution >= 4 is 16.0 Å². The molecule has 19 heavy (non-hydrogen) atoms. The van der Waals surface area contributed by atoms with Gasteiger partial charge in [0.15, 0.2) is 0 Å². The minimum atomic E-state index is -3.27. The zero-order valence-electron chi connectivity index (χ0n) is 12.4. The van der Waals surface area contributed by atoms with E-state index in [1.807, 2.05) is 25.9 Å². The second-order valence-corrected chi connectivity index (χ2v) is 6.73. The Balaban J connectivity index is 4.21. The summed E-state index contributed by atoms with van der Waals surface area (Å²) in [6.07, 6.45) is 1.25. The number of nitrogens with zero attached hydrogens (tertiary/aromatic N) is 2. The molecule has 0 spiro atoms. The lowest BCUT2D eigenvalue weighted by Crippen LogP contribution is -2.35. The van der Waals surface area contributed by atoms with Crippen LogP contribution in [0.5, 0.6) is 0 Å². The Bertz CT molecular complexity index is 355. The predicted octanol–water partition coefficient (Wildman–Crippen LogP) is 0.543. The van der Waals surface area contributed by atoms with E-state index in [1.54, 1.807) is 0 Å². The number of esters is 1. The van der Waals surface area contributed by atoms with Crippen LogP contribution in [0.15, 0.2) is 0 Å². The summed E-state index contributed by atoms with van der Waals surface area (Å²) >= 11 is 0. The maximum absolute atomic E-state index is 12.1. The van der Waals surface area contributed by atoms with E-state index in [2.05, 4.69) is 4.74 Å². The molecule has 0 fully saturated rings. The van der Waals surface area contributed by atoms with Gasteiger partial charge in [-0.1, -0.05) is 6.92 Å². The average molecular weight is 294 g/mol. The van der Waals surface area contributed by atoms with Crippen molar-refractivity contribution in [3.05, 3.63) is 0 Å². The van der Waals surface area contributed by atoms with Gasteiger partial charge in [0.25, 0.3) is 0 Å². The van der Waals surface area contributed by atoms with Crippen LogP contribution in [0.25, 0.3) is 0 Å². The summed E-state index contributed by atoms with van der Waals surface area (Å²) in [6.45, 7) is 3.67. The van der Waals surface area contributed by atoms with Crippen molar-refractivity contribution in [2.75, 3.05) is 46.6 Å². The normalized spacial score (nSPS) is 12.1. The molecule has 0 aliphatic rings. The molecule has 0 unspecified atom stereocenters. The Morgan fingerprint density at radius 3 is 2.26 bits per heavy atom. The highest BCUT2D eigenvalue weighted by Gasteiger charge is 2.20. The first-order valence-electron chi connectivity index (χ1n) is 6.52. The van der Waals surface area contributed by atoms with Crippen molar-refractivity contribution in [1.29, 1.82) is 0 Å². The topological polar surface area (TPSA) is 66.9 Å². The van der Waals surface area contributed by atoms with Crippen LogP contribution in [0.1, 0.15) is 26.2 Å². The van der Waals surface area contributed by atoms with Crippen LogP contribution >= 0.6 is 0 Å². The fraction of sp³-hybridized carbons (Fsp3) is 0.917. The quantitative estimate of drug-likeness (QED) is 0.550. The first-order chi connectivity index (χ1) is 8.83. The van der Waals surface area contributed by atoms with E-state index in [0.717, 1.165) is 13.0 Å². The minimum absolute atomic E-state index is 0.00208. The summed E-state index contributed by atoms with van der Waals surface area (Å²) in [5, 5.41) is 0. The van der Waals surface area contributed by atoms with Crippen LogP contribution < -0.4 is 0 Å². The molecule has 0 aliphatic carbocycles. The molecule has 0 aromatic rings. The third-order valence-electron chi connectivity index (χ3n) is 2.77. The van der Waals surface area contributed by atoms with E-state index in [4.69, 9.17) is 0 Å².